The van der Waals surface area contributed by atoms with Gasteiger partial charge in [0.15, 0.2) is 0 Å². The summed E-state index contributed by atoms with van der Waals surface area (Å²) in [6.45, 7) is 0. The minimum Gasteiger partial charge on any atom is -0.0530 e. The second-order valence-corrected chi connectivity index (χ2v) is 8.35. The molecule has 0 saturated heterocycles. The standard InChI is InChI=1S/C18H28/c1-2-4-14-13(3-1)15-9-7-11-5-6-12-8-10-16(14)18(15)17(11)12/h11-18H,1-10H2. The van der Waals surface area contributed by atoms with Gasteiger partial charge in [0.1, 0.15) is 0 Å². The molecule has 0 bridgehead atoms. The molecule has 0 aromatic carbocycles. The number of fused-ring (bicyclic) bond motifs is 3. The second kappa shape index (κ2) is 3.76. The van der Waals surface area contributed by atoms with Crippen molar-refractivity contribution in [1.29, 1.82) is 0 Å². The lowest BCUT2D eigenvalue weighted by Gasteiger charge is -2.46. The first-order valence-corrected chi connectivity index (χ1v) is 8.93. The van der Waals surface area contributed by atoms with Crippen LogP contribution in [0.3, 0.4) is 0 Å². The highest BCUT2D eigenvalue weighted by Gasteiger charge is 2.60. The van der Waals surface area contributed by atoms with E-state index < -0.39 is 0 Å². The molecule has 0 amide bonds. The molecule has 0 aliphatic heterocycles. The van der Waals surface area contributed by atoms with Crippen LogP contribution < -0.4 is 0 Å². The maximum atomic E-state index is 1.64. The Labute approximate surface area is 112 Å². The average Bonchev–Trinajstić information content (AvgIpc) is 2.97. The first-order chi connectivity index (χ1) is 8.93. The van der Waals surface area contributed by atoms with E-state index in [4.69, 9.17) is 0 Å². The van der Waals surface area contributed by atoms with E-state index in [1.54, 1.807) is 64.2 Å². The fourth-order valence-electron chi connectivity index (χ4n) is 7.84. The molecule has 0 spiro atoms. The third-order valence-corrected chi connectivity index (χ3v) is 8.15. The molecule has 0 aromatic rings. The van der Waals surface area contributed by atoms with Gasteiger partial charge in [-0.15, -0.1) is 0 Å². The summed E-state index contributed by atoms with van der Waals surface area (Å²) in [7, 11) is 0. The van der Waals surface area contributed by atoms with E-state index in [0.717, 1.165) is 0 Å². The molecule has 5 fully saturated rings. The molecule has 18 heavy (non-hydrogen) atoms. The smallest absolute Gasteiger partial charge is 0.0318 e. The minimum absolute atomic E-state index is 1.18. The van der Waals surface area contributed by atoms with Crippen LogP contribution in [0.4, 0.5) is 0 Å². The van der Waals surface area contributed by atoms with Crippen LogP contribution in [0.5, 0.6) is 0 Å². The summed E-state index contributed by atoms with van der Waals surface area (Å²) in [5, 5.41) is 0. The lowest BCUT2D eigenvalue weighted by atomic mass is 9.59. The topological polar surface area (TPSA) is 0 Å². The summed E-state index contributed by atoms with van der Waals surface area (Å²) in [6.07, 6.45) is 16.1. The van der Waals surface area contributed by atoms with Crippen molar-refractivity contribution < 1.29 is 0 Å². The van der Waals surface area contributed by atoms with Crippen molar-refractivity contribution in [2.75, 3.05) is 0 Å². The zero-order chi connectivity index (χ0) is 11.7. The lowest BCUT2D eigenvalue weighted by molar-refractivity contribution is 0.0254. The zero-order valence-corrected chi connectivity index (χ0v) is 11.7. The molecule has 0 N–H and O–H groups in total. The Morgan fingerprint density at radius 3 is 1.44 bits per heavy atom. The summed E-state index contributed by atoms with van der Waals surface area (Å²) < 4.78 is 0. The number of hydrogen-bond acceptors (Lipinski definition) is 0. The van der Waals surface area contributed by atoms with Gasteiger partial charge >= 0.3 is 0 Å². The van der Waals surface area contributed by atoms with Crippen LogP contribution in [-0.2, 0) is 0 Å². The van der Waals surface area contributed by atoms with Crippen LogP contribution in [0.15, 0.2) is 0 Å². The highest BCUT2D eigenvalue weighted by Crippen LogP contribution is 2.67. The molecule has 5 aliphatic rings. The van der Waals surface area contributed by atoms with Gasteiger partial charge in [-0.25, -0.2) is 0 Å². The summed E-state index contributed by atoms with van der Waals surface area (Å²) in [6, 6.07) is 0. The number of rotatable bonds is 0. The van der Waals surface area contributed by atoms with Gasteiger partial charge in [-0.3, -0.25) is 0 Å². The minimum atomic E-state index is 1.18. The summed E-state index contributed by atoms with van der Waals surface area (Å²) in [5.41, 5.74) is 0. The fraction of sp³-hybridized carbons (Fsp3) is 1.00. The lowest BCUT2D eigenvalue weighted by Crippen LogP contribution is -2.39. The Morgan fingerprint density at radius 2 is 0.889 bits per heavy atom. The molecule has 6 unspecified atom stereocenters. The molecule has 0 heterocycles. The third-order valence-electron chi connectivity index (χ3n) is 8.15. The van der Waals surface area contributed by atoms with Crippen molar-refractivity contribution in [2.24, 2.45) is 47.3 Å². The summed E-state index contributed by atoms with van der Waals surface area (Å²) in [5.74, 6) is 9.57. The van der Waals surface area contributed by atoms with E-state index in [-0.39, 0.29) is 0 Å². The molecule has 5 saturated carbocycles. The molecule has 6 atom stereocenters. The predicted molar refractivity (Wildman–Crippen MR) is 74.1 cm³/mol. The summed E-state index contributed by atoms with van der Waals surface area (Å²) in [4.78, 5) is 0. The van der Waals surface area contributed by atoms with Crippen LogP contribution >= 0.6 is 0 Å². The Balaban J connectivity index is 1.55. The van der Waals surface area contributed by atoms with Crippen LogP contribution in [-0.4, -0.2) is 0 Å². The van der Waals surface area contributed by atoms with Gasteiger partial charge in [-0.05, 0) is 98.7 Å². The maximum absolute atomic E-state index is 1.64. The molecule has 0 heteroatoms. The van der Waals surface area contributed by atoms with Crippen LogP contribution in [0.2, 0.25) is 0 Å². The second-order valence-electron chi connectivity index (χ2n) is 8.35. The van der Waals surface area contributed by atoms with E-state index >= 15 is 0 Å². The Hall–Kier alpha value is 0. The number of hydrogen-bond donors (Lipinski definition) is 0. The fourth-order valence-corrected chi connectivity index (χ4v) is 7.84. The molecule has 0 nitrogen and oxygen atoms in total. The predicted octanol–water partition coefficient (Wildman–Crippen LogP) is 4.89. The molecule has 5 aliphatic carbocycles. The zero-order valence-electron chi connectivity index (χ0n) is 11.7. The van der Waals surface area contributed by atoms with Crippen molar-refractivity contribution in [2.45, 2.75) is 64.2 Å². The van der Waals surface area contributed by atoms with Gasteiger partial charge in [0.25, 0.3) is 0 Å². The first kappa shape index (κ1) is 10.7. The maximum Gasteiger partial charge on any atom is -0.0318 e. The van der Waals surface area contributed by atoms with E-state index in [9.17, 15) is 0 Å². The van der Waals surface area contributed by atoms with E-state index in [1.807, 2.05) is 0 Å². The van der Waals surface area contributed by atoms with E-state index in [0.29, 0.717) is 0 Å². The van der Waals surface area contributed by atoms with Gasteiger partial charge in [0.2, 0.25) is 0 Å². The molecule has 0 aromatic heterocycles. The molecule has 100 valence electrons. The van der Waals surface area contributed by atoms with Crippen LogP contribution in [0.1, 0.15) is 64.2 Å². The van der Waals surface area contributed by atoms with Crippen molar-refractivity contribution in [3.8, 4) is 0 Å². The van der Waals surface area contributed by atoms with Gasteiger partial charge in [-0.2, -0.15) is 0 Å². The van der Waals surface area contributed by atoms with Gasteiger partial charge in [0, 0.05) is 0 Å². The van der Waals surface area contributed by atoms with Crippen LogP contribution in [0, 0.1) is 47.3 Å². The van der Waals surface area contributed by atoms with Crippen LogP contribution in [0.25, 0.3) is 0 Å². The average molecular weight is 244 g/mol. The summed E-state index contributed by atoms with van der Waals surface area (Å²) >= 11 is 0. The Bertz CT molecular complexity index is 314. The van der Waals surface area contributed by atoms with Crippen molar-refractivity contribution >= 4 is 0 Å². The highest BCUT2D eigenvalue weighted by molar-refractivity contribution is 5.08. The quantitative estimate of drug-likeness (QED) is 0.569. The Kier molecular flexibility index (Phi) is 2.25. The van der Waals surface area contributed by atoms with E-state index in [2.05, 4.69) is 0 Å². The first-order valence-electron chi connectivity index (χ1n) is 8.93. The highest BCUT2D eigenvalue weighted by atomic mass is 14.6. The Morgan fingerprint density at radius 1 is 0.389 bits per heavy atom. The molecule has 0 radical (unpaired) electrons. The molecular formula is C18H28. The van der Waals surface area contributed by atoms with E-state index in [1.165, 1.54) is 47.3 Å². The van der Waals surface area contributed by atoms with Crippen molar-refractivity contribution in [1.82, 2.24) is 0 Å². The van der Waals surface area contributed by atoms with Gasteiger partial charge in [0.05, 0.1) is 0 Å². The van der Waals surface area contributed by atoms with Crippen molar-refractivity contribution in [3.05, 3.63) is 0 Å². The molecule has 5 rings (SSSR count). The van der Waals surface area contributed by atoms with Gasteiger partial charge in [-0.1, -0.05) is 12.8 Å². The van der Waals surface area contributed by atoms with Gasteiger partial charge < -0.3 is 0 Å². The monoisotopic (exact) mass is 244 g/mol. The normalized spacial score (nSPS) is 61.3. The third kappa shape index (κ3) is 1.23. The molecular weight excluding hydrogens is 216 g/mol. The largest absolute Gasteiger partial charge is 0.0530 e. The SMILES string of the molecule is C1CCC2C(C1)C1CCC3CCC4CCC2C1C34. The van der Waals surface area contributed by atoms with Crippen molar-refractivity contribution in [3.63, 3.8) is 0 Å².